The van der Waals surface area contributed by atoms with Crippen LogP contribution in [0, 0.1) is 0 Å². The van der Waals surface area contributed by atoms with Gasteiger partial charge in [0.1, 0.15) is 5.82 Å². The third-order valence-electron chi connectivity index (χ3n) is 5.97. The summed E-state index contributed by atoms with van der Waals surface area (Å²) >= 11 is 0. The lowest BCUT2D eigenvalue weighted by Gasteiger charge is -2.27. The van der Waals surface area contributed by atoms with Crippen LogP contribution in [0.15, 0.2) is 71.8 Å². The van der Waals surface area contributed by atoms with Gasteiger partial charge in [-0.15, -0.1) is 0 Å². The predicted molar refractivity (Wildman–Crippen MR) is 134 cm³/mol. The number of fused-ring (bicyclic) bond motifs is 1. The van der Waals surface area contributed by atoms with E-state index >= 15 is 4.39 Å². The molecule has 3 aromatic rings. The first kappa shape index (κ1) is 23.6. The minimum absolute atomic E-state index is 0.241. The van der Waals surface area contributed by atoms with E-state index < -0.39 is 0 Å². The molecule has 4 rings (SSSR count). The second-order valence-corrected chi connectivity index (χ2v) is 8.29. The minimum Gasteiger partial charge on any atom is -0.494 e. The van der Waals surface area contributed by atoms with Gasteiger partial charge in [-0.1, -0.05) is 13.0 Å². The average Bonchev–Trinajstić information content (AvgIpc) is 3.23. The standard InChI is InChI=1S/C26H31FN6O/c1-4-18-7-9-23(26(27)24(13-18)34-3)33(12-6-5-11-28)25-10-8-21-22(31-25)14-19(15-29-21)20-16-30-32(2)17-20/h7-8,10,13-17H,4-6,9,11-12,28H2,1-3H3. The number of rotatable bonds is 9. The number of aromatic nitrogens is 4. The highest BCUT2D eigenvalue weighted by Gasteiger charge is 2.23. The van der Waals surface area contributed by atoms with E-state index in [4.69, 9.17) is 15.5 Å². The van der Waals surface area contributed by atoms with Crippen LogP contribution in [0.3, 0.4) is 0 Å². The summed E-state index contributed by atoms with van der Waals surface area (Å²) in [5.74, 6) is 0.549. The van der Waals surface area contributed by atoms with Crippen molar-refractivity contribution < 1.29 is 9.13 Å². The summed E-state index contributed by atoms with van der Waals surface area (Å²) in [6.07, 6.45) is 12.3. The van der Waals surface area contributed by atoms with E-state index in [1.165, 1.54) is 7.11 Å². The fraction of sp³-hybridized carbons (Fsp3) is 0.346. The van der Waals surface area contributed by atoms with Crippen LogP contribution >= 0.6 is 0 Å². The first-order chi connectivity index (χ1) is 16.5. The molecule has 3 heterocycles. The van der Waals surface area contributed by atoms with Crippen molar-refractivity contribution in [1.82, 2.24) is 19.7 Å². The highest BCUT2D eigenvalue weighted by molar-refractivity contribution is 5.81. The monoisotopic (exact) mass is 462 g/mol. The van der Waals surface area contributed by atoms with E-state index in [1.807, 2.05) is 42.5 Å². The summed E-state index contributed by atoms with van der Waals surface area (Å²) in [7, 11) is 3.38. The maximum absolute atomic E-state index is 15.7. The summed E-state index contributed by atoms with van der Waals surface area (Å²) in [5.41, 5.74) is 10.7. The fourth-order valence-electron chi connectivity index (χ4n) is 4.05. The number of nitrogens with two attached hydrogens (primary N) is 1. The number of nitrogens with zero attached hydrogens (tertiary/aromatic N) is 5. The van der Waals surface area contributed by atoms with Crippen molar-refractivity contribution in [3.05, 3.63) is 71.8 Å². The van der Waals surface area contributed by atoms with E-state index in [2.05, 4.69) is 23.1 Å². The third-order valence-corrected chi connectivity index (χ3v) is 5.97. The number of hydrogen-bond donors (Lipinski definition) is 1. The molecule has 0 aromatic carbocycles. The van der Waals surface area contributed by atoms with Crippen LogP contribution < -0.4 is 10.6 Å². The van der Waals surface area contributed by atoms with Gasteiger partial charge in [0.15, 0.2) is 11.6 Å². The van der Waals surface area contributed by atoms with Crippen LogP contribution in [0.1, 0.15) is 32.6 Å². The van der Waals surface area contributed by atoms with Crippen LogP contribution in [-0.2, 0) is 11.8 Å². The van der Waals surface area contributed by atoms with Crippen LogP contribution in [0.4, 0.5) is 10.2 Å². The van der Waals surface area contributed by atoms with E-state index in [0.29, 0.717) is 31.0 Å². The Hall–Kier alpha value is -3.52. The smallest absolute Gasteiger partial charge is 0.184 e. The van der Waals surface area contributed by atoms with E-state index in [-0.39, 0.29) is 11.6 Å². The molecule has 1 aliphatic rings. The van der Waals surface area contributed by atoms with Crippen molar-refractivity contribution in [1.29, 1.82) is 0 Å². The molecule has 3 aromatic heterocycles. The van der Waals surface area contributed by atoms with Crippen molar-refractivity contribution >= 4 is 16.9 Å². The van der Waals surface area contributed by atoms with E-state index in [1.54, 1.807) is 17.0 Å². The van der Waals surface area contributed by atoms with Gasteiger partial charge < -0.3 is 15.4 Å². The van der Waals surface area contributed by atoms with Gasteiger partial charge in [0, 0.05) is 43.5 Å². The summed E-state index contributed by atoms with van der Waals surface area (Å²) < 4.78 is 22.8. The number of methoxy groups -OCH3 is 1. The molecule has 0 aliphatic heterocycles. The number of hydrogen-bond acceptors (Lipinski definition) is 6. The fourth-order valence-corrected chi connectivity index (χ4v) is 4.05. The topological polar surface area (TPSA) is 82.1 Å². The Morgan fingerprint density at radius 1 is 1.18 bits per heavy atom. The van der Waals surface area contributed by atoms with Gasteiger partial charge >= 0.3 is 0 Å². The van der Waals surface area contributed by atoms with Gasteiger partial charge in [-0.2, -0.15) is 5.10 Å². The molecule has 0 saturated carbocycles. The largest absolute Gasteiger partial charge is 0.494 e. The molecule has 34 heavy (non-hydrogen) atoms. The second kappa shape index (κ2) is 10.6. The SMILES string of the molecule is CCC1=CCC(N(CCCCN)c2ccc3ncc(-c4cnn(C)c4)cc3n2)=C(F)C(OC)=C1. The molecule has 1 aliphatic carbocycles. The average molecular weight is 463 g/mol. The molecule has 0 amide bonds. The van der Waals surface area contributed by atoms with Gasteiger partial charge in [-0.3, -0.25) is 9.67 Å². The number of halogens is 1. The number of anilines is 1. The molecule has 8 heteroatoms. The van der Waals surface area contributed by atoms with Gasteiger partial charge in [-0.05, 0) is 55.7 Å². The zero-order valence-corrected chi connectivity index (χ0v) is 20.0. The van der Waals surface area contributed by atoms with Crippen molar-refractivity contribution in [3.8, 4) is 11.1 Å². The predicted octanol–water partition coefficient (Wildman–Crippen LogP) is 5.03. The maximum atomic E-state index is 15.7. The quantitative estimate of drug-likeness (QED) is 0.449. The second-order valence-electron chi connectivity index (χ2n) is 8.29. The number of aryl methyl sites for hydroxylation is 1. The van der Waals surface area contributed by atoms with Crippen LogP contribution in [0.25, 0.3) is 22.2 Å². The minimum atomic E-state index is -0.362. The maximum Gasteiger partial charge on any atom is 0.184 e. The van der Waals surface area contributed by atoms with Gasteiger partial charge in [-0.25, -0.2) is 9.37 Å². The van der Waals surface area contributed by atoms with Crippen LogP contribution in [-0.4, -0.2) is 39.9 Å². The number of ether oxygens (including phenoxy) is 1. The Morgan fingerprint density at radius 2 is 2.03 bits per heavy atom. The molecule has 0 bridgehead atoms. The molecule has 0 fully saturated rings. The lowest BCUT2D eigenvalue weighted by molar-refractivity contribution is 0.281. The molecule has 7 nitrogen and oxygen atoms in total. The van der Waals surface area contributed by atoms with Crippen LogP contribution in [0.2, 0.25) is 0 Å². The summed E-state index contributed by atoms with van der Waals surface area (Å²) in [6, 6.07) is 5.82. The van der Waals surface area contributed by atoms with Gasteiger partial charge in [0.05, 0.1) is 30.0 Å². The zero-order valence-electron chi connectivity index (χ0n) is 20.0. The molecular weight excluding hydrogens is 431 g/mol. The Labute approximate surface area is 199 Å². The molecule has 0 unspecified atom stereocenters. The molecular formula is C26H31FN6O. The molecule has 0 radical (unpaired) electrons. The van der Waals surface area contributed by atoms with Crippen molar-refractivity contribution in [2.45, 2.75) is 32.6 Å². The Bertz CT molecular complexity index is 1260. The third kappa shape index (κ3) is 5.02. The number of allylic oxidation sites excluding steroid dienone is 4. The molecule has 0 atom stereocenters. The van der Waals surface area contributed by atoms with Crippen molar-refractivity contribution in [2.75, 3.05) is 25.1 Å². The molecule has 0 spiro atoms. The first-order valence-corrected chi connectivity index (χ1v) is 11.6. The van der Waals surface area contributed by atoms with Crippen molar-refractivity contribution in [2.24, 2.45) is 12.8 Å². The van der Waals surface area contributed by atoms with E-state index in [9.17, 15) is 0 Å². The lowest BCUT2D eigenvalue weighted by Crippen LogP contribution is -2.26. The van der Waals surface area contributed by atoms with Crippen LogP contribution in [0.5, 0.6) is 0 Å². The lowest BCUT2D eigenvalue weighted by atomic mass is 10.1. The summed E-state index contributed by atoms with van der Waals surface area (Å²) in [5, 5.41) is 4.25. The van der Waals surface area contributed by atoms with Gasteiger partial charge in [0.2, 0.25) is 0 Å². The first-order valence-electron chi connectivity index (χ1n) is 11.6. The molecule has 0 saturated heterocycles. The van der Waals surface area contributed by atoms with Crippen molar-refractivity contribution in [3.63, 3.8) is 0 Å². The Morgan fingerprint density at radius 3 is 2.74 bits per heavy atom. The van der Waals surface area contributed by atoms with Gasteiger partial charge in [0.25, 0.3) is 0 Å². The van der Waals surface area contributed by atoms with E-state index in [0.717, 1.165) is 47.0 Å². The molecule has 2 N–H and O–H groups in total. The summed E-state index contributed by atoms with van der Waals surface area (Å²) in [4.78, 5) is 11.4. The Kier molecular flexibility index (Phi) is 7.37. The highest BCUT2D eigenvalue weighted by atomic mass is 19.1. The number of unbranched alkanes of at least 4 members (excludes halogenated alkanes) is 1. The number of pyridine rings is 2. The summed E-state index contributed by atoms with van der Waals surface area (Å²) in [6.45, 7) is 3.23. The normalized spacial score (nSPS) is 14.1. The zero-order chi connectivity index (χ0) is 24.1. The Balaban J connectivity index is 1.78. The molecule has 178 valence electrons. The highest BCUT2D eigenvalue weighted by Crippen LogP contribution is 2.32.